The summed E-state index contributed by atoms with van der Waals surface area (Å²) in [5.74, 6) is -0.0847. The molecule has 0 saturated carbocycles. The van der Waals surface area contributed by atoms with Gasteiger partial charge in [0.05, 0.1) is 6.54 Å². The number of anilines is 2. The van der Waals surface area contributed by atoms with Crippen LogP contribution in [0.25, 0.3) is 0 Å². The van der Waals surface area contributed by atoms with Crippen LogP contribution in [0.4, 0.5) is 11.4 Å². The molecule has 0 aromatic heterocycles. The van der Waals surface area contributed by atoms with E-state index in [0.717, 1.165) is 19.3 Å². The molecule has 0 unspecified atom stereocenters. The molecule has 0 aliphatic heterocycles. The number of carbonyl (C=O) groups excluding carboxylic acids is 2. The van der Waals surface area contributed by atoms with Crippen LogP contribution in [0.15, 0.2) is 24.3 Å². The molecule has 22 heavy (non-hydrogen) atoms. The van der Waals surface area contributed by atoms with Crippen molar-refractivity contribution in [1.29, 1.82) is 0 Å². The molecule has 5 heteroatoms. The second-order valence-corrected chi connectivity index (χ2v) is 5.67. The van der Waals surface area contributed by atoms with Gasteiger partial charge in [0.2, 0.25) is 11.8 Å². The van der Waals surface area contributed by atoms with E-state index in [9.17, 15) is 9.59 Å². The van der Waals surface area contributed by atoms with Crippen molar-refractivity contribution in [3.63, 3.8) is 0 Å². The number of hydrogen-bond acceptors (Lipinski definition) is 3. The molecule has 5 nitrogen and oxygen atoms in total. The van der Waals surface area contributed by atoms with Gasteiger partial charge in [0.25, 0.3) is 0 Å². The number of benzene rings is 1. The molecule has 0 aliphatic carbocycles. The Morgan fingerprint density at radius 3 is 2.27 bits per heavy atom. The minimum absolute atomic E-state index is 0.0124. The molecular formula is C17H27N3O2. The predicted octanol–water partition coefficient (Wildman–Crippen LogP) is 3.14. The first-order valence-electron chi connectivity index (χ1n) is 7.94. The number of unbranched alkanes of at least 4 members (excludes halogenated alkanes) is 2. The average molecular weight is 305 g/mol. The summed E-state index contributed by atoms with van der Waals surface area (Å²) < 4.78 is 0. The molecule has 0 aliphatic rings. The lowest BCUT2D eigenvalue weighted by Crippen LogP contribution is -2.32. The fourth-order valence-electron chi connectivity index (χ4n) is 1.94. The highest BCUT2D eigenvalue weighted by atomic mass is 16.2. The first-order valence-corrected chi connectivity index (χ1v) is 7.94. The molecule has 1 aromatic rings. The fourth-order valence-corrected chi connectivity index (χ4v) is 1.94. The molecule has 0 atom stereocenters. The van der Waals surface area contributed by atoms with E-state index in [1.807, 2.05) is 26.0 Å². The second kappa shape index (κ2) is 9.95. The van der Waals surface area contributed by atoms with E-state index >= 15 is 0 Å². The van der Waals surface area contributed by atoms with Gasteiger partial charge in [-0.2, -0.15) is 0 Å². The highest BCUT2D eigenvalue weighted by Gasteiger charge is 2.05. The van der Waals surface area contributed by atoms with Gasteiger partial charge in [0, 0.05) is 23.8 Å². The Labute approximate surface area is 132 Å². The Hall–Kier alpha value is -1.88. The Morgan fingerprint density at radius 1 is 1.05 bits per heavy atom. The summed E-state index contributed by atoms with van der Waals surface area (Å²) in [4.78, 5) is 23.6. The van der Waals surface area contributed by atoms with Gasteiger partial charge < -0.3 is 16.0 Å². The van der Waals surface area contributed by atoms with Gasteiger partial charge in [-0.3, -0.25) is 9.59 Å². The summed E-state index contributed by atoms with van der Waals surface area (Å²) in [6.07, 6.45) is 3.59. The minimum Gasteiger partial charge on any atom is -0.326 e. The van der Waals surface area contributed by atoms with Crippen LogP contribution < -0.4 is 16.0 Å². The molecule has 122 valence electrons. The zero-order chi connectivity index (χ0) is 16.4. The summed E-state index contributed by atoms with van der Waals surface area (Å²) in [7, 11) is 0. The second-order valence-electron chi connectivity index (χ2n) is 5.67. The third-order valence-corrected chi connectivity index (χ3v) is 3.11. The van der Waals surface area contributed by atoms with Crippen molar-refractivity contribution in [2.45, 2.75) is 52.5 Å². The van der Waals surface area contributed by atoms with E-state index in [1.54, 1.807) is 12.1 Å². The van der Waals surface area contributed by atoms with Crippen LogP contribution in [0.5, 0.6) is 0 Å². The van der Waals surface area contributed by atoms with E-state index in [2.05, 4.69) is 22.9 Å². The van der Waals surface area contributed by atoms with Crippen molar-refractivity contribution in [2.24, 2.45) is 0 Å². The quantitative estimate of drug-likeness (QED) is 0.614. The Balaban J connectivity index is 2.48. The largest absolute Gasteiger partial charge is 0.326 e. The maximum absolute atomic E-state index is 11.8. The highest BCUT2D eigenvalue weighted by Crippen LogP contribution is 2.15. The first-order chi connectivity index (χ1) is 10.5. The lowest BCUT2D eigenvalue weighted by atomic mass is 10.2. The third-order valence-electron chi connectivity index (χ3n) is 3.11. The van der Waals surface area contributed by atoms with Crippen LogP contribution in [0.3, 0.4) is 0 Å². The lowest BCUT2D eigenvalue weighted by molar-refractivity contribution is -0.116. The number of carbonyl (C=O) groups is 2. The standard InChI is InChI=1S/C17H27N3O2/c1-4-5-6-10-16(21)19-14-8-7-9-15(11-14)20-17(22)12-18-13(2)3/h7-9,11,13,18H,4-6,10,12H2,1-3H3,(H,19,21)(H,20,22). The summed E-state index contributed by atoms with van der Waals surface area (Å²) >= 11 is 0. The van der Waals surface area contributed by atoms with E-state index < -0.39 is 0 Å². The highest BCUT2D eigenvalue weighted by molar-refractivity contribution is 5.94. The third kappa shape index (κ3) is 7.78. The van der Waals surface area contributed by atoms with Gasteiger partial charge in [-0.25, -0.2) is 0 Å². The van der Waals surface area contributed by atoms with Gasteiger partial charge in [0.1, 0.15) is 0 Å². The number of rotatable bonds is 9. The maximum atomic E-state index is 11.8. The maximum Gasteiger partial charge on any atom is 0.238 e. The van der Waals surface area contributed by atoms with E-state index in [1.165, 1.54) is 0 Å². The first kappa shape index (κ1) is 18.2. The molecule has 0 bridgehead atoms. The van der Waals surface area contributed by atoms with Gasteiger partial charge in [0.15, 0.2) is 0 Å². The zero-order valence-corrected chi connectivity index (χ0v) is 13.7. The summed E-state index contributed by atoms with van der Waals surface area (Å²) in [5.41, 5.74) is 1.39. The van der Waals surface area contributed by atoms with Crippen LogP contribution in [0.2, 0.25) is 0 Å². The molecule has 0 saturated heterocycles. The Morgan fingerprint density at radius 2 is 1.68 bits per heavy atom. The number of nitrogens with one attached hydrogen (secondary N) is 3. The molecule has 0 fully saturated rings. The Bertz CT molecular complexity index is 487. The minimum atomic E-state index is -0.0971. The summed E-state index contributed by atoms with van der Waals surface area (Å²) in [6, 6.07) is 7.47. The van der Waals surface area contributed by atoms with Crippen LogP contribution in [0, 0.1) is 0 Å². The van der Waals surface area contributed by atoms with E-state index in [4.69, 9.17) is 0 Å². The number of amides is 2. The molecule has 1 rings (SSSR count). The molecule has 3 N–H and O–H groups in total. The van der Waals surface area contributed by atoms with Crippen molar-refractivity contribution >= 4 is 23.2 Å². The van der Waals surface area contributed by atoms with Crippen LogP contribution >= 0.6 is 0 Å². The SMILES string of the molecule is CCCCCC(=O)Nc1cccc(NC(=O)CNC(C)C)c1. The molecular weight excluding hydrogens is 278 g/mol. The van der Waals surface area contributed by atoms with Gasteiger partial charge >= 0.3 is 0 Å². The van der Waals surface area contributed by atoms with Crippen LogP contribution in [0.1, 0.15) is 46.5 Å². The van der Waals surface area contributed by atoms with E-state index in [-0.39, 0.29) is 24.4 Å². The molecule has 1 aromatic carbocycles. The van der Waals surface area contributed by atoms with Crippen molar-refractivity contribution < 1.29 is 9.59 Å². The normalized spacial score (nSPS) is 10.5. The van der Waals surface area contributed by atoms with E-state index in [0.29, 0.717) is 17.8 Å². The molecule has 0 radical (unpaired) electrons. The summed E-state index contributed by atoms with van der Waals surface area (Å²) in [6.45, 7) is 6.35. The van der Waals surface area contributed by atoms with Crippen LogP contribution in [-0.2, 0) is 9.59 Å². The van der Waals surface area contributed by atoms with Gasteiger partial charge in [-0.15, -0.1) is 0 Å². The topological polar surface area (TPSA) is 70.2 Å². The monoisotopic (exact) mass is 305 g/mol. The molecule has 0 heterocycles. The van der Waals surface area contributed by atoms with Gasteiger partial charge in [-0.1, -0.05) is 39.7 Å². The van der Waals surface area contributed by atoms with Crippen molar-refractivity contribution in [2.75, 3.05) is 17.2 Å². The number of hydrogen-bond donors (Lipinski definition) is 3. The average Bonchev–Trinajstić information content (AvgIpc) is 2.46. The predicted molar refractivity (Wildman–Crippen MR) is 91.0 cm³/mol. The van der Waals surface area contributed by atoms with Gasteiger partial charge in [-0.05, 0) is 24.6 Å². The Kier molecular flexibility index (Phi) is 8.22. The fraction of sp³-hybridized carbons (Fsp3) is 0.529. The van der Waals surface area contributed by atoms with Crippen molar-refractivity contribution in [3.8, 4) is 0 Å². The molecule has 0 spiro atoms. The lowest BCUT2D eigenvalue weighted by Gasteiger charge is -2.10. The van der Waals surface area contributed by atoms with Crippen molar-refractivity contribution in [1.82, 2.24) is 5.32 Å². The smallest absolute Gasteiger partial charge is 0.238 e. The van der Waals surface area contributed by atoms with Crippen molar-refractivity contribution in [3.05, 3.63) is 24.3 Å². The zero-order valence-electron chi connectivity index (χ0n) is 13.7. The van der Waals surface area contributed by atoms with Crippen LogP contribution in [-0.4, -0.2) is 24.4 Å². The molecule has 2 amide bonds. The summed E-state index contributed by atoms with van der Waals surface area (Å²) in [5, 5.41) is 8.73.